The quantitative estimate of drug-likeness (QED) is 0.866. The second kappa shape index (κ2) is 6.10. The lowest BCUT2D eigenvalue weighted by atomic mass is 10.1. The van der Waals surface area contributed by atoms with Gasteiger partial charge < -0.3 is 20.5 Å². The number of hydrogen-bond donors (Lipinski definition) is 2. The van der Waals surface area contributed by atoms with Gasteiger partial charge in [0.05, 0.1) is 18.4 Å². The van der Waals surface area contributed by atoms with Crippen LogP contribution >= 0.6 is 0 Å². The first-order chi connectivity index (χ1) is 9.06. The second-order valence-electron chi connectivity index (χ2n) is 5.49. The molecule has 1 fully saturated rings. The summed E-state index contributed by atoms with van der Waals surface area (Å²) >= 11 is 0. The number of aliphatic hydroxyl groups is 1. The normalized spacial score (nSPS) is 16.9. The van der Waals surface area contributed by atoms with Crippen molar-refractivity contribution in [2.24, 2.45) is 5.92 Å². The Labute approximate surface area is 114 Å². The molecule has 19 heavy (non-hydrogen) atoms. The zero-order valence-corrected chi connectivity index (χ0v) is 11.7. The number of anilines is 2. The number of piperidine rings is 1. The Morgan fingerprint density at radius 1 is 1.42 bits per heavy atom. The van der Waals surface area contributed by atoms with Crippen LogP contribution in [0, 0.1) is 5.92 Å². The highest BCUT2D eigenvalue weighted by atomic mass is 16.5. The fourth-order valence-corrected chi connectivity index (χ4v) is 2.07. The number of nitrogens with zero attached hydrogens (tertiary/aromatic N) is 2. The summed E-state index contributed by atoms with van der Waals surface area (Å²) in [6.45, 7) is 6.43. The van der Waals surface area contributed by atoms with Crippen LogP contribution in [0.1, 0.15) is 26.7 Å². The molecule has 0 radical (unpaired) electrons. The third-order valence-electron chi connectivity index (χ3n) is 3.22. The molecule has 0 aliphatic carbocycles. The molecule has 5 heteroatoms. The lowest BCUT2D eigenvalue weighted by Gasteiger charge is -2.30. The molecule has 0 atom stereocenters. The maximum absolute atomic E-state index is 9.53. The summed E-state index contributed by atoms with van der Waals surface area (Å²) in [6.07, 6.45) is 1.39. The number of ether oxygens (including phenoxy) is 1. The molecule has 0 bridgehead atoms. The zero-order chi connectivity index (χ0) is 13.8. The molecule has 5 nitrogen and oxygen atoms in total. The van der Waals surface area contributed by atoms with Gasteiger partial charge in [0.15, 0.2) is 0 Å². The summed E-state index contributed by atoms with van der Waals surface area (Å²) in [4.78, 5) is 6.65. The van der Waals surface area contributed by atoms with Crippen molar-refractivity contribution in [2.45, 2.75) is 32.8 Å². The van der Waals surface area contributed by atoms with Crippen LogP contribution in [-0.4, -0.2) is 35.9 Å². The van der Waals surface area contributed by atoms with Gasteiger partial charge in [0, 0.05) is 13.1 Å². The van der Waals surface area contributed by atoms with Crippen LogP contribution < -0.4 is 15.4 Å². The maximum atomic E-state index is 9.53. The third kappa shape index (κ3) is 3.73. The predicted molar refractivity (Wildman–Crippen MR) is 76.4 cm³/mol. The van der Waals surface area contributed by atoms with E-state index in [2.05, 4.69) is 23.7 Å². The minimum absolute atomic E-state index is 0.179. The molecule has 0 unspecified atom stereocenters. The van der Waals surface area contributed by atoms with Crippen LogP contribution in [0.5, 0.6) is 5.88 Å². The first-order valence-corrected chi connectivity index (χ1v) is 6.88. The lowest BCUT2D eigenvalue weighted by Crippen LogP contribution is -2.36. The average molecular weight is 265 g/mol. The number of rotatable bonds is 4. The Bertz CT molecular complexity index is 415. The Kier molecular flexibility index (Phi) is 4.47. The van der Waals surface area contributed by atoms with Crippen LogP contribution in [-0.2, 0) is 0 Å². The number of nitrogens with two attached hydrogens (primary N) is 1. The van der Waals surface area contributed by atoms with Gasteiger partial charge in [-0.05, 0) is 30.9 Å². The van der Waals surface area contributed by atoms with Crippen molar-refractivity contribution in [3.05, 3.63) is 12.1 Å². The van der Waals surface area contributed by atoms with E-state index in [9.17, 15) is 5.11 Å². The van der Waals surface area contributed by atoms with Gasteiger partial charge in [0.25, 0.3) is 0 Å². The highest BCUT2D eigenvalue weighted by Gasteiger charge is 2.19. The molecular formula is C14H23N3O2. The van der Waals surface area contributed by atoms with Crippen molar-refractivity contribution in [2.75, 3.05) is 30.3 Å². The van der Waals surface area contributed by atoms with Crippen molar-refractivity contribution in [1.82, 2.24) is 4.98 Å². The van der Waals surface area contributed by atoms with Crippen LogP contribution in [0.4, 0.5) is 11.5 Å². The van der Waals surface area contributed by atoms with Gasteiger partial charge in [-0.15, -0.1) is 0 Å². The van der Waals surface area contributed by atoms with Crippen LogP contribution in [0.2, 0.25) is 0 Å². The van der Waals surface area contributed by atoms with Crippen molar-refractivity contribution in [3.63, 3.8) is 0 Å². The Morgan fingerprint density at radius 2 is 2.11 bits per heavy atom. The molecule has 2 heterocycles. The maximum Gasteiger partial charge on any atom is 0.239 e. The highest BCUT2D eigenvalue weighted by Crippen LogP contribution is 2.25. The minimum Gasteiger partial charge on any atom is -0.476 e. The van der Waals surface area contributed by atoms with Crippen molar-refractivity contribution >= 4 is 11.5 Å². The zero-order valence-electron chi connectivity index (χ0n) is 11.7. The first kappa shape index (κ1) is 13.9. The van der Waals surface area contributed by atoms with Crippen molar-refractivity contribution < 1.29 is 9.84 Å². The molecule has 1 aliphatic heterocycles. The molecule has 0 spiro atoms. The van der Waals surface area contributed by atoms with Gasteiger partial charge in [-0.2, -0.15) is 4.98 Å². The molecule has 0 amide bonds. The van der Waals surface area contributed by atoms with Gasteiger partial charge in [-0.25, -0.2) is 0 Å². The SMILES string of the molecule is CC(C)COc1nc(N2CCC(O)CC2)ccc1N. The van der Waals surface area contributed by atoms with E-state index in [1.54, 1.807) is 0 Å². The number of aliphatic hydroxyl groups excluding tert-OH is 1. The van der Waals surface area contributed by atoms with Gasteiger partial charge in [-0.1, -0.05) is 13.8 Å². The van der Waals surface area contributed by atoms with E-state index >= 15 is 0 Å². The minimum atomic E-state index is -0.179. The number of pyridine rings is 1. The van der Waals surface area contributed by atoms with Gasteiger partial charge in [0.2, 0.25) is 5.88 Å². The number of nitrogen functional groups attached to an aromatic ring is 1. The molecule has 1 aromatic rings. The molecule has 1 aliphatic rings. The fraction of sp³-hybridized carbons (Fsp3) is 0.643. The highest BCUT2D eigenvalue weighted by molar-refractivity contribution is 5.54. The van der Waals surface area contributed by atoms with Crippen LogP contribution in [0.15, 0.2) is 12.1 Å². The van der Waals surface area contributed by atoms with Crippen LogP contribution in [0.25, 0.3) is 0 Å². The molecule has 0 aromatic carbocycles. The molecular weight excluding hydrogens is 242 g/mol. The standard InChI is InChI=1S/C14H23N3O2/c1-10(2)9-19-14-12(15)3-4-13(16-14)17-7-5-11(18)6-8-17/h3-4,10-11,18H,5-9,15H2,1-2H3. The Balaban J connectivity index is 2.07. The molecule has 3 N–H and O–H groups in total. The van der Waals surface area contributed by atoms with E-state index in [1.807, 2.05) is 12.1 Å². The monoisotopic (exact) mass is 265 g/mol. The Hall–Kier alpha value is -1.49. The summed E-state index contributed by atoms with van der Waals surface area (Å²) in [5, 5.41) is 9.53. The largest absolute Gasteiger partial charge is 0.476 e. The molecule has 1 aromatic heterocycles. The predicted octanol–water partition coefficient (Wildman–Crippen LogP) is 1.66. The van der Waals surface area contributed by atoms with Gasteiger partial charge in [0.1, 0.15) is 5.82 Å². The van der Waals surface area contributed by atoms with E-state index < -0.39 is 0 Å². The fourth-order valence-electron chi connectivity index (χ4n) is 2.07. The number of hydrogen-bond acceptors (Lipinski definition) is 5. The summed E-state index contributed by atoms with van der Waals surface area (Å²) in [6, 6.07) is 3.75. The van der Waals surface area contributed by atoms with Gasteiger partial charge in [-0.3, -0.25) is 0 Å². The topological polar surface area (TPSA) is 71.6 Å². The second-order valence-corrected chi connectivity index (χ2v) is 5.49. The average Bonchev–Trinajstić information content (AvgIpc) is 2.39. The van der Waals surface area contributed by atoms with E-state index in [1.165, 1.54) is 0 Å². The lowest BCUT2D eigenvalue weighted by molar-refractivity contribution is 0.145. The summed E-state index contributed by atoms with van der Waals surface area (Å²) in [7, 11) is 0. The summed E-state index contributed by atoms with van der Waals surface area (Å²) < 4.78 is 5.64. The van der Waals surface area contributed by atoms with E-state index in [4.69, 9.17) is 10.5 Å². The molecule has 106 valence electrons. The van der Waals surface area contributed by atoms with E-state index in [-0.39, 0.29) is 6.10 Å². The number of aromatic nitrogens is 1. The molecule has 1 saturated heterocycles. The molecule has 2 rings (SSSR count). The Morgan fingerprint density at radius 3 is 2.74 bits per heavy atom. The van der Waals surface area contributed by atoms with Crippen molar-refractivity contribution in [1.29, 1.82) is 0 Å². The van der Waals surface area contributed by atoms with Gasteiger partial charge >= 0.3 is 0 Å². The van der Waals surface area contributed by atoms with Crippen molar-refractivity contribution in [3.8, 4) is 5.88 Å². The van der Waals surface area contributed by atoms with Crippen LogP contribution in [0.3, 0.4) is 0 Å². The first-order valence-electron chi connectivity index (χ1n) is 6.88. The smallest absolute Gasteiger partial charge is 0.239 e. The third-order valence-corrected chi connectivity index (χ3v) is 3.22. The summed E-state index contributed by atoms with van der Waals surface area (Å²) in [5.41, 5.74) is 6.45. The van der Waals surface area contributed by atoms with E-state index in [0.29, 0.717) is 24.1 Å². The van der Waals surface area contributed by atoms with E-state index in [0.717, 1.165) is 31.7 Å². The molecule has 0 saturated carbocycles. The summed E-state index contributed by atoms with van der Waals surface area (Å²) in [5.74, 6) is 1.83.